The highest BCUT2D eigenvalue weighted by Gasteiger charge is 2.26. The topological polar surface area (TPSA) is 65.5 Å². The summed E-state index contributed by atoms with van der Waals surface area (Å²) in [5.41, 5.74) is 3.92. The van der Waals surface area contributed by atoms with Gasteiger partial charge in [-0.3, -0.25) is 4.99 Å². The summed E-state index contributed by atoms with van der Waals surface area (Å²) in [5.74, 6) is 0. The molecular weight excluding hydrogens is 346 g/mol. The van der Waals surface area contributed by atoms with Gasteiger partial charge in [0.1, 0.15) is 0 Å². The Bertz CT molecular complexity index is 1060. The lowest BCUT2D eigenvalue weighted by atomic mass is 10.1. The summed E-state index contributed by atoms with van der Waals surface area (Å²) in [5, 5.41) is 1.13. The molecule has 1 fully saturated rings. The first kappa shape index (κ1) is 17.0. The molecule has 2 heterocycles. The van der Waals surface area contributed by atoms with E-state index in [4.69, 9.17) is 0 Å². The summed E-state index contributed by atoms with van der Waals surface area (Å²) < 4.78 is 26.7. The highest BCUT2D eigenvalue weighted by atomic mass is 32.2. The molecule has 0 amide bonds. The van der Waals surface area contributed by atoms with Crippen LogP contribution in [0.3, 0.4) is 0 Å². The average molecular weight is 367 g/mol. The zero-order valence-corrected chi connectivity index (χ0v) is 15.5. The molecule has 4 rings (SSSR count). The fourth-order valence-electron chi connectivity index (χ4n) is 3.39. The van der Waals surface area contributed by atoms with Gasteiger partial charge in [-0.15, -0.1) is 0 Å². The third kappa shape index (κ3) is 3.06. The van der Waals surface area contributed by atoms with Gasteiger partial charge in [0.05, 0.1) is 10.6 Å². The van der Waals surface area contributed by atoms with Crippen LogP contribution in [0.4, 0.5) is 5.69 Å². The standard InChI is InChI=1S/C20H21N3O2S/c1-15-19(18-6-2-3-7-20(18)22-15)14-21-16-8-10-17(11-9-16)26(24,25)23-12-4-5-13-23/h2-3,6-11,14,22H,4-5,12-13H2,1H3. The molecule has 6 heteroatoms. The van der Waals surface area contributed by atoms with Crippen LogP contribution in [0.2, 0.25) is 0 Å². The van der Waals surface area contributed by atoms with Gasteiger partial charge >= 0.3 is 0 Å². The van der Waals surface area contributed by atoms with Crippen molar-refractivity contribution in [2.75, 3.05) is 13.1 Å². The Morgan fingerprint density at radius 1 is 1.04 bits per heavy atom. The van der Waals surface area contributed by atoms with Crippen LogP contribution in [-0.2, 0) is 10.0 Å². The van der Waals surface area contributed by atoms with E-state index < -0.39 is 10.0 Å². The van der Waals surface area contributed by atoms with Gasteiger partial charge in [-0.25, -0.2) is 8.42 Å². The van der Waals surface area contributed by atoms with Crippen molar-refractivity contribution in [3.8, 4) is 0 Å². The first-order valence-electron chi connectivity index (χ1n) is 8.77. The van der Waals surface area contributed by atoms with Gasteiger partial charge < -0.3 is 4.98 Å². The molecule has 3 aromatic rings. The molecule has 1 aliphatic heterocycles. The molecule has 0 unspecified atom stereocenters. The van der Waals surface area contributed by atoms with Crippen molar-refractivity contribution in [2.45, 2.75) is 24.7 Å². The fourth-order valence-corrected chi connectivity index (χ4v) is 4.90. The third-order valence-corrected chi connectivity index (χ3v) is 6.74. The van der Waals surface area contributed by atoms with Crippen LogP contribution in [0.1, 0.15) is 24.1 Å². The summed E-state index contributed by atoms with van der Waals surface area (Å²) in [7, 11) is -3.37. The number of nitrogens with zero attached hydrogens (tertiary/aromatic N) is 2. The number of H-pyrrole nitrogens is 1. The fraction of sp³-hybridized carbons (Fsp3) is 0.250. The molecule has 0 atom stereocenters. The second-order valence-electron chi connectivity index (χ2n) is 6.57. The van der Waals surface area contributed by atoms with E-state index in [9.17, 15) is 8.42 Å². The highest BCUT2D eigenvalue weighted by Crippen LogP contribution is 2.24. The number of hydrogen-bond donors (Lipinski definition) is 1. The third-order valence-electron chi connectivity index (χ3n) is 4.83. The Hall–Kier alpha value is -2.44. The van der Waals surface area contributed by atoms with Gasteiger partial charge in [0.15, 0.2) is 0 Å². The molecule has 0 saturated carbocycles. The molecule has 134 valence electrons. The van der Waals surface area contributed by atoms with E-state index in [0.29, 0.717) is 18.0 Å². The molecule has 1 aliphatic rings. The van der Waals surface area contributed by atoms with Crippen LogP contribution in [0, 0.1) is 6.92 Å². The van der Waals surface area contributed by atoms with E-state index in [-0.39, 0.29) is 0 Å². The first-order valence-corrected chi connectivity index (χ1v) is 10.2. The zero-order chi connectivity index (χ0) is 18.1. The lowest BCUT2D eigenvalue weighted by Gasteiger charge is -2.15. The monoisotopic (exact) mass is 367 g/mol. The van der Waals surface area contributed by atoms with Gasteiger partial charge in [-0.2, -0.15) is 4.31 Å². The Kier molecular flexibility index (Phi) is 4.38. The number of fused-ring (bicyclic) bond motifs is 1. The van der Waals surface area contributed by atoms with Gasteiger partial charge in [-0.1, -0.05) is 18.2 Å². The number of aliphatic imine (C=N–C) groups is 1. The Morgan fingerprint density at radius 2 is 1.73 bits per heavy atom. The quantitative estimate of drug-likeness (QED) is 0.708. The molecule has 5 nitrogen and oxygen atoms in total. The lowest BCUT2D eigenvalue weighted by molar-refractivity contribution is 0.477. The number of benzene rings is 2. The molecule has 1 aromatic heterocycles. The molecular formula is C20H21N3O2S. The summed E-state index contributed by atoms with van der Waals surface area (Å²) in [6.45, 7) is 3.25. The number of para-hydroxylation sites is 1. The van der Waals surface area contributed by atoms with Crippen LogP contribution in [0.5, 0.6) is 0 Å². The minimum Gasteiger partial charge on any atom is -0.358 e. The van der Waals surface area contributed by atoms with Crippen LogP contribution >= 0.6 is 0 Å². The molecule has 1 saturated heterocycles. The Balaban J connectivity index is 1.59. The Morgan fingerprint density at radius 3 is 2.46 bits per heavy atom. The normalized spacial score (nSPS) is 16.0. The van der Waals surface area contributed by atoms with Crippen molar-refractivity contribution in [2.24, 2.45) is 4.99 Å². The van der Waals surface area contributed by atoms with Gasteiger partial charge in [0.25, 0.3) is 0 Å². The number of aromatic amines is 1. The molecule has 0 radical (unpaired) electrons. The van der Waals surface area contributed by atoms with Crippen LogP contribution in [-0.4, -0.2) is 37.0 Å². The second kappa shape index (κ2) is 6.70. The largest absolute Gasteiger partial charge is 0.358 e. The molecule has 0 bridgehead atoms. The summed E-state index contributed by atoms with van der Waals surface area (Å²) in [6.07, 6.45) is 3.70. The van der Waals surface area contributed by atoms with Crippen molar-refractivity contribution in [1.82, 2.24) is 9.29 Å². The second-order valence-corrected chi connectivity index (χ2v) is 8.51. The predicted octanol–water partition coefficient (Wildman–Crippen LogP) is 4.01. The maximum atomic E-state index is 12.6. The molecule has 26 heavy (non-hydrogen) atoms. The molecule has 0 aliphatic carbocycles. The number of rotatable bonds is 4. The zero-order valence-electron chi connectivity index (χ0n) is 14.6. The Labute approximate surface area is 153 Å². The van der Waals surface area contributed by atoms with Crippen molar-refractivity contribution in [3.63, 3.8) is 0 Å². The average Bonchev–Trinajstić information content (AvgIpc) is 3.28. The molecule has 0 spiro atoms. The summed E-state index contributed by atoms with van der Waals surface area (Å²) in [6, 6.07) is 14.9. The van der Waals surface area contributed by atoms with Crippen molar-refractivity contribution in [1.29, 1.82) is 0 Å². The SMILES string of the molecule is Cc1[nH]c2ccccc2c1C=Nc1ccc(S(=O)(=O)N2CCCC2)cc1. The van der Waals surface area contributed by atoms with E-state index in [1.807, 2.05) is 31.3 Å². The van der Waals surface area contributed by atoms with Crippen molar-refractivity contribution >= 4 is 32.8 Å². The van der Waals surface area contributed by atoms with Crippen molar-refractivity contribution in [3.05, 3.63) is 59.8 Å². The minimum atomic E-state index is -3.37. The predicted molar refractivity (Wildman–Crippen MR) is 105 cm³/mol. The number of hydrogen-bond acceptors (Lipinski definition) is 3. The molecule has 2 aromatic carbocycles. The van der Waals surface area contributed by atoms with E-state index in [1.54, 1.807) is 28.6 Å². The van der Waals surface area contributed by atoms with E-state index in [2.05, 4.69) is 16.0 Å². The highest BCUT2D eigenvalue weighted by molar-refractivity contribution is 7.89. The lowest BCUT2D eigenvalue weighted by Crippen LogP contribution is -2.27. The molecule has 1 N–H and O–H groups in total. The van der Waals surface area contributed by atoms with Crippen LogP contribution in [0.15, 0.2) is 58.4 Å². The summed E-state index contributed by atoms with van der Waals surface area (Å²) >= 11 is 0. The van der Waals surface area contributed by atoms with Gasteiger partial charge in [-0.05, 0) is 50.1 Å². The number of sulfonamides is 1. The van der Waals surface area contributed by atoms with E-state index in [1.165, 1.54) is 0 Å². The maximum absolute atomic E-state index is 12.6. The smallest absolute Gasteiger partial charge is 0.243 e. The van der Waals surface area contributed by atoms with Gasteiger partial charge in [0, 0.05) is 41.5 Å². The number of nitrogens with one attached hydrogen (secondary N) is 1. The van der Waals surface area contributed by atoms with Crippen molar-refractivity contribution < 1.29 is 8.42 Å². The number of aromatic nitrogens is 1. The van der Waals surface area contributed by atoms with E-state index >= 15 is 0 Å². The van der Waals surface area contributed by atoms with Crippen LogP contribution < -0.4 is 0 Å². The maximum Gasteiger partial charge on any atom is 0.243 e. The summed E-state index contributed by atoms with van der Waals surface area (Å²) in [4.78, 5) is 8.21. The minimum absolute atomic E-state index is 0.335. The van der Waals surface area contributed by atoms with Gasteiger partial charge in [0.2, 0.25) is 10.0 Å². The number of aryl methyl sites for hydroxylation is 1. The first-order chi connectivity index (χ1) is 12.6. The van der Waals surface area contributed by atoms with Crippen LogP contribution in [0.25, 0.3) is 10.9 Å². The van der Waals surface area contributed by atoms with E-state index in [0.717, 1.165) is 40.7 Å².